The maximum atomic E-state index is 6.27. The predicted octanol–water partition coefficient (Wildman–Crippen LogP) is 4.70. The topological polar surface area (TPSA) is 48.1 Å². The van der Waals surface area contributed by atoms with Crippen molar-refractivity contribution in [2.45, 2.75) is 0 Å². The number of aromatic amines is 1. The van der Waals surface area contributed by atoms with Crippen LogP contribution >= 0.6 is 11.6 Å². The number of halogens is 1. The Morgan fingerprint density at radius 2 is 1.69 bits per heavy atom. The minimum atomic E-state index is 0.653. The van der Waals surface area contributed by atoms with Crippen LogP contribution in [0.5, 0.6) is 0 Å². The van der Waals surface area contributed by atoms with Crippen molar-refractivity contribution >= 4 is 28.3 Å². The summed E-state index contributed by atoms with van der Waals surface area (Å²) in [7, 11) is 2.18. The van der Waals surface area contributed by atoms with Crippen molar-refractivity contribution in [3.05, 3.63) is 65.8 Å². The molecule has 2 aromatic carbocycles. The van der Waals surface area contributed by atoms with E-state index < -0.39 is 0 Å². The van der Waals surface area contributed by atoms with Gasteiger partial charge in [0.15, 0.2) is 0 Å². The van der Waals surface area contributed by atoms with Crippen molar-refractivity contribution < 1.29 is 0 Å². The van der Waals surface area contributed by atoms with Gasteiger partial charge < -0.3 is 14.8 Å². The van der Waals surface area contributed by atoms with Crippen LogP contribution < -0.4 is 4.90 Å². The number of nitrogens with one attached hydrogen (secondary N) is 1. The Kier molecular flexibility index (Phi) is 4.70. The van der Waals surface area contributed by atoms with E-state index in [1.807, 2.05) is 24.3 Å². The zero-order chi connectivity index (χ0) is 19.8. The SMILES string of the molecule is CN1CCN(c2ccc3nc(-c4ccc(-c5ncccc5Cl)cc4)[nH]c3c2)CC1. The van der Waals surface area contributed by atoms with E-state index in [0.29, 0.717) is 5.02 Å². The minimum absolute atomic E-state index is 0.653. The fraction of sp³-hybridized carbons (Fsp3) is 0.217. The first kappa shape index (κ1) is 18.2. The number of piperazine rings is 1. The molecule has 0 atom stereocenters. The Hall–Kier alpha value is -2.89. The molecule has 0 amide bonds. The van der Waals surface area contributed by atoms with Gasteiger partial charge in [0.25, 0.3) is 0 Å². The van der Waals surface area contributed by atoms with E-state index in [0.717, 1.165) is 59.9 Å². The van der Waals surface area contributed by atoms with Gasteiger partial charge in [-0.15, -0.1) is 0 Å². The molecule has 2 aromatic heterocycles. The lowest BCUT2D eigenvalue weighted by molar-refractivity contribution is 0.313. The number of aromatic nitrogens is 3. The molecule has 5 nitrogen and oxygen atoms in total. The van der Waals surface area contributed by atoms with E-state index >= 15 is 0 Å². The van der Waals surface area contributed by atoms with Gasteiger partial charge in [0, 0.05) is 49.2 Å². The third-order valence-electron chi connectivity index (χ3n) is 5.52. The van der Waals surface area contributed by atoms with Gasteiger partial charge in [-0.3, -0.25) is 4.98 Å². The molecule has 0 unspecified atom stereocenters. The molecule has 29 heavy (non-hydrogen) atoms. The lowest BCUT2D eigenvalue weighted by Crippen LogP contribution is -2.44. The summed E-state index contributed by atoms with van der Waals surface area (Å²) in [6.07, 6.45) is 1.76. The molecule has 0 aliphatic carbocycles. The Morgan fingerprint density at radius 1 is 0.931 bits per heavy atom. The van der Waals surface area contributed by atoms with E-state index in [1.165, 1.54) is 5.69 Å². The molecule has 1 aliphatic heterocycles. The molecular formula is C23H22ClN5. The van der Waals surface area contributed by atoms with Crippen molar-refractivity contribution in [2.75, 3.05) is 38.1 Å². The Morgan fingerprint density at radius 3 is 2.45 bits per heavy atom. The van der Waals surface area contributed by atoms with Crippen LogP contribution in [-0.2, 0) is 0 Å². The molecule has 1 saturated heterocycles. The number of nitrogens with zero attached hydrogens (tertiary/aromatic N) is 4. The minimum Gasteiger partial charge on any atom is -0.369 e. The van der Waals surface area contributed by atoms with Gasteiger partial charge in [-0.2, -0.15) is 0 Å². The van der Waals surface area contributed by atoms with Gasteiger partial charge >= 0.3 is 0 Å². The van der Waals surface area contributed by atoms with Gasteiger partial charge in [-0.25, -0.2) is 4.98 Å². The summed E-state index contributed by atoms with van der Waals surface area (Å²) < 4.78 is 0. The summed E-state index contributed by atoms with van der Waals surface area (Å²) in [6, 6.07) is 18.4. The van der Waals surface area contributed by atoms with Crippen LogP contribution in [0, 0.1) is 0 Å². The summed E-state index contributed by atoms with van der Waals surface area (Å²) in [5.41, 5.74) is 6.12. The average molecular weight is 404 g/mol. The largest absolute Gasteiger partial charge is 0.369 e. The maximum absolute atomic E-state index is 6.27. The Labute approximate surface area is 175 Å². The van der Waals surface area contributed by atoms with Gasteiger partial charge in [0.2, 0.25) is 0 Å². The fourth-order valence-corrected chi connectivity index (χ4v) is 4.01. The molecular weight excluding hydrogens is 382 g/mol. The van der Waals surface area contributed by atoms with Crippen molar-refractivity contribution in [3.8, 4) is 22.6 Å². The number of anilines is 1. The molecule has 4 aromatic rings. The van der Waals surface area contributed by atoms with E-state index in [2.05, 4.69) is 57.1 Å². The summed E-state index contributed by atoms with van der Waals surface area (Å²) in [5.74, 6) is 0.870. The van der Waals surface area contributed by atoms with Gasteiger partial charge in [0.05, 0.1) is 21.7 Å². The number of rotatable bonds is 3. The molecule has 146 valence electrons. The summed E-state index contributed by atoms with van der Waals surface area (Å²) in [4.78, 5) is 17.4. The highest BCUT2D eigenvalue weighted by Gasteiger charge is 2.15. The van der Waals surface area contributed by atoms with Crippen molar-refractivity contribution in [2.24, 2.45) is 0 Å². The molecule has 1 aliphatic rings. The monoisotopic (exact) mass is 403 g/mol. The van der Waals surface area contributed by atoms with Crippen LogP contribution in [-0.4, -0.2) is 53.1 Å². The summed E-state index contributed by atoms with van der Waals surface area (Å²) in [5, 5.41) is 0.653. The van der Waals surface area contributed by atoms with Crippen LogP contribution in [0.25, 0.3) is 33.7 Å². The standard InChI is InChI=1S/C23H22ClN5/c1-28-11-13-29(14-12-28)18-8-9-20-21(15-18)27-23(26-20)17-6-4-16(5-7-17)22-19(24)3-2-10-25-22/h2-10,15H,11-14H2,1H3,(H,26,27). The molecule has 6 heteroatoms. The Balaban J connectivity index is 1.42. The number of benzene rings is 2. The first-order chi connectivity index (χ1) is 14.2. The predicted molar refractivity (Wildman–Crippen MR) is 119 cm³/mol. The summed E-state index contributed by atoms with van der Waals surface area (Å²) in [6.45, 7) is 4.30. The average Bonchev–Trinajstić information content (AvgIpc) is 3.18. The molecule has 1 fully saturated rings. The number of H-pyrrole nitrogens is 1. The van der Waals surface area contributed by atoms with Crippen LogP contribution in [0.1, 0.15) is 0 Å². The maximum Gasteiger partial charge on any atom is 0.138 e. The third kappa shape index (κ3) is 3.59. The van der Waals surface area contributed by atoms with E-state index in [4.69, 9.17) is 16.6 Å². The molecule has 1 N–H and O–H groups in total. The smallest absolute Gasteiger partial charge is 0.138 e. The molecule has 0 bridgehead atoms. The van der Waals surface area contributed by atoms with Gasteiger partial charge in [0.1, 0.15) is 5.82 Å². The van der Waals surface area contributed by atoms with E-state index in [9.17, 15) is 0 Å². The van der Waals surface area contributed by atoms with Crippen LogP contribution in [0.15, 0.2) is 60.8 Å². The third-order valence-corrected chi connectivity index (χ3v) is 5.83. The number of imidazole rings is 1. The fourth-order valence-electron chi connectivity index (χ4n) is 3.78. The number of pyridine rings is 1. The highest BCUT2D eigenvalue weighted by Crippen LogP contribution is 2.29. The first-order valence-electron chi connectivity index (χ1n) is 9.82. The van der Waals surface area contributed by atoms with Crippen LogP contribution in [0.2, 0.25) is 5.02 Å². The quantitative estimate of drug-likeness (QED) is 0.538. The van der Waals surface area contributed by atoms with E-state index in [1.54, 1.807) is 6.20 Å². The van der Waals surface area contributed by atoms with Crippen LogP contribution in [0.3, 0.4) is 0 Å². The van der Waals surface area contributed by atoms with Crippen LogP contribution in [0.4, 0.5) is 5.69 Å². The molecule has 0 saturated carbocycles. The second-order valence-electron chi connectivity index (χ2n) is 7.49. The molecule has 0 spiro atoms. The zero-order valence-electron chi connectivity index (χ0n) is 16.3. The van der Waals surface area contributed by atoms with Gasteiger partial charge in [-0.05, 0) is 37.4 Å². The Bertz CT molecular complexity index is 1140. The number of hydrogen-bond acceptors (Lipinski definition) is 4. The highest BCUT2D eigenvalue weighted by atomic mass is 35.5. The van der Waals surface area contributed by atoms with E-state index in [-0.39, 0.29) is 0 Å². The van der Waals surface area contributed by atoms with Crippen molar-refractivity contribution in [1.29, 1.82) is 0 Å². The summed E-state index contributed by atoms with van der Waals surface area (Å²) >= 11 is 6.27. The number of likely N-dealkylation sites (N-methyl/N-ethyl adjacent to an activating group) is 1. The zero-order valence-corrected chi connectivity index (χ0v) is 17.0. The second kappa shape index (κ2) is 7.50. The molecule has 3 heterocycles. The lowest BCUT2D eigenvalue weighted by atomic mass is 10.1. The second-order valence-corrected chi connectivity index (χ2v) is 7.90. The first-order valence-corrected chi connectivity index (χ1v) is 10.2. The highest BCUT2D eigenvalue weighted by molar-refractivity contribution is 6.33. The number of fused-ring (bicyclic) bond motifs is 1. The van der Waals surface area contributed by atoms with Crippen molar-refractivity contribution in [3.63, 3.8) is 0 Å². The van der Waals surface area contributed by atoms with Gasteiger partial charge in [-0.1, -0.05) is 35.9 Å². The molecule has 0 radical (unpaired) electrons. The van der Waals surface area contributed by atoms with Crippen molar-refractivity contribution in [1.82, 2.24) is 19.9 Å². The normalized spacial score (nSPS) is 15.2. The molecule has 5 rings (SSSR count). The lowest BCUT2D eigenvalue weighted by Gasteiger charge is -2.34. The number of hydrogen-bond donors (Lipinski definition) is 1.